The largest absolute Gasteiger partial charge is 0.398 e. The number of para-hydroxylation sites is 1. The summed E-state index contributed by atoms with van der Waals surface area (Å²) in [6.45, 7) is 0.373. The number of amides is 1. The van der Waals surface area contributed by atoms with Crippen LogP contribution in [0.5, 0.6) is 0 Å². The van der Waals surface area contributed by atoms with Crippen LogP contribution in [0.2, 0.25) is 0 Å². The summed E-state index contributed by atoms with van der Waals surface area (Å²) in [5.74, 6) is -0.281. The monoisotopic (exact) mass is 217 g/mol. The highest BCUT2D eigenvalue weighted by Gasteiger charge is 2.08. The molecular formula is C10H11N5O. The van der Waals surface area contributed by atoms with Crippen LogP contribution >= 0.6 is 0 Å². The third kappa shape index (κ3) is 2.17. The zero-order valence-electron chi connectivity index (χ0n) is 8.47. The first-order valence-corrected chi connectivity index (χ1v) is 4.74. The smallest absolute Gasteiger partial charge is 0.273 e. The van der Waals surface area contributed by atoms with E-state index in [9.17, 15) is 4.79 Å². The summed E-state index contributed by atoms with van der Waals surface area (Å²) in [4.78, 5) is 11.5. The molecule has 0 unspecified atom stereocenters. The van der Waals surface area contributed by atoms with Crippen LogP contribution in [0.3, 0.4) is 0 Å². The molecule has 16 heavy (non-hydrogen) atoms. The Labute approximate surface area is 91.9 Å². The molecule has 6 heteroatoms. The summed E-state index contributed by atoms with van der Waals surface area (Å²) in [5, 5.41) is 12.3. The first kappa shape index (κ1) is 10.2. The standard InChI is InChI=1S/C10H11N5O/c11-8-4-2-1-3-7(8)5-12-10(16)9-6-13-15-14-9/h1-4,6H,5,11H2,(H,12,16)(H,13,14,15). The van der Waals surface area contributed by atoms with Crippen molar-refractivity contribution < 1.29 is 4.79 Å². The summed E-state index contributed by atoms with van der Waals surface area (Å²) < 4.78 is 0. The van der Waals surface area contributed by atoms with Crippen LogP contribution in [0.1, 0.15) is 16.1 Å². The average molecular weight is 217 g/mol. The molecule has 4 N–H and O–H groups in total. The lowest BCUT2D eigenvalue weighted by molar-refractivity contribution is 0.0946. The zero-order chi connectivity index (χ0) is 11.4. The minimum atomic E-state index is -0.281. The van der Waals surface area contributed by atoms with Crippen LogP contribution < -0.4 is 11.1 Å². The number of nitrogen functional groups attached to an aromatic ring is 1. The maximum absolute atomic E-state index is 11.5. The number of anilines is 1. The van der Waals surface area contributed by atoms with Crippen LogP contribution in [0, 0.1) is 0 Å². The van der Waals surface area contributed by atoms with Crippen LogP contribution in [0.4, 0.5) is 5.69 Å². The molecule has 0 aliphatic heterocycles. The van der Waals surface area contributed by atoms with Crippen molar-refractivity contribution >= 4 is 11.6 Å². The van der Waals surface area contributed by atoms with Gasteiger partial charge in [0.2, 0.25) is 0 Å². The van der Waals surface area contributed by atoms with Gasteiger partial charge in [-0.25, -0.2) is 0 Å². The number of nitrogens with zero attached hydrogens (tertiary/aromatic N) is 2. The number of aromatic amines is 1. The lowest BCUT2D eigenvalue weighted by Crippen LogP contribution is -2.23. The van der Waals surface area contributed by atoms with Crippen molar-refractivity contribution in [2.45, 2.75) is 6.54 Å². The van der Waals surface area contributed by atoms with Crippen LogP contribution in [-0.2, 0) is 6.54 Å². The summed E-state index contributed by atoms with van der Waals surface area (Å²) in [6, 6.07) is 7.36. The van der Waals surface area contributed by atoms with E-state index >= 15 is 0 Å². The molecule has 0 fully saturated rings. The Balaban J connectivity index is 1.98. The van der Waals surface area contributed by atoms with Gasteiger partial charge in [0.1, 0.15) is 0 Å². The van der Waals surface area contributed by atoms with Gasteiger partial charge in [0.05, 0.1) is 6.20 Å². The number of benzene rings is 1. The van der Waals surface area contributed by atoms with Crippen molar-refractivity contribution in [3.05, 3.63) is 41.7 Å². The number of nitrogens with one attached hydrogen (secondary N) is 2. The second-order valence-electron chi connectivity index (χ2n) is 3.24. The molecule has 1 aromatic heterocycles. The Morgan fingerprint density at radius 2 is 2.25 bits per heavy atom. The van der Waals surface area contributed by atoms with E-state index < -0.39 is 0 Å². The molecule has 0 radical (unpaired) electrons. The highest BCUT2D eigenvalue weighted by Crippen LogP contribution is 2.09. The predicted molar refractivity (Wildman–Crippen MR) is 58.4 cm³/mol. The summed E-state index contributed by atoms with van der Waals surface area (Å²) in [6.07, 6.45) is 1.36. The fourth-order valence-electron chi connectivity index (χ4n) is 1.27. The lowest BCUT2D eigenvalue weighted by atomic mass is 10.2. The van der Waals surface area contributed by atoms with Crippen molar-refractivity contribution in [3.63, 3.8) is 0 Å². The van der Waals surface area contributed by atoms with Gasteiger partial charge in [0, 0.05) is 12.2 Å². The summed E-state index contributed by atoms with van der Waals surface area (Å²) >= 11 is 0. The van der Waals surface area contributed by atoms with E-state index in [1.54, 1.807) is 6.07 Å². The molecule has 0 bridgehead atoms. The average Bonchev–Trinajstić information content (AvgIpc) is 2.81. The molecule has 1 aromatic carbocycles. The van der Waals surface area contributed by atoms with Gasteiger partial charge < -0.3 is 11.1 Å². The highest BCUT2D eigenvalue weighted by molar-refractivity contribution is 5.91. The van der Waals surface area contributed by atoms with Crippen LogP contribution in [0.25, 0.3) is 0 Å². The zero-order valence-corrected chi connectivity index (χ0v) is 8.47. The van der Waals surface area contributed by atoms with E-state index in [0.717, 1.165) is 5.56 Å². The van der Waals surface area contributed by atoms with E-state index in [4.69, 9.17) is 5.73 Å². The Bertz CT molecular complexity index is 480. The maximum Gasteiger partial charge on any atom is 0.273 e. The third-order valence-electron chi connectivity index (χ3n) is 2.14. The van der Waals surface area contributed by atoms with Crippen molar-refractivity contribution in [1.82, 2.24) is 20.7 Å². The molecule has 0 aliphatic rings. The fraction of sp³-hybridized carbons (Fsp3) is 0.100. The lowest BCUT2D eigenvalue weighted by Gasteiger charge is -2.05. The number of rotatable bonds is 3. The molecule has 0 spiro atoms. The van der Waals surface area contributed by atoms with Crippen molar-refractivity contribution in [1.29, 1.82) is 0 Å². The molecule has 2 aromatic rings. The number of H-pyrrole nitrogens is 1. The van der Waals surface area contributed by atoms with Crippen LogP contribution in [0.15, 0.2) is 30.5 Å². The molecule has 2 rings (SSSR count). The van der Waals surface area contributed by atoms with Crippen LogP contribution in [-0.4, -0.2) is 21.3 Å². The predicted octanol–water partition coefficient (Wildman–Crippen LogP) is 0.317. The first-order valence-electron chi connectivity index (χ1n) is 4.74. The molecule has 1 amide bonds. The fourth-order valence-corrected chi connectivity index (χ4v) is 1.27. The van der Waals surface area contributed by atoms with Gasteiger partial charge in [-0.2, -0.15) is 15.4 Å². The number of carbonyl (C=O) groups excluding carboxylic acids is 1. The SMILES string of the molecule is Nc1ccccc1CNC(=O)c1cn[nH]n1. The topological polar surface area (TPSA) is 96.7 Å². The normalized spacial score (nSPS) is 10.0. The maximum atomic E-state index is 11.5. The van der Waals surface area contributed by atoms with Gasteiger partial charge in [0.25, 0.3) is 5.91 Å². The Kier molecular flexibility index (Phi) is 2.81. The Morgan fingerprint density at radius 3 is 2.94 bits per heavy atom. The van der Waals surface area contributed by atoms with E-state index in [2.05, 4.69) is 20.7 Å². The van der Waals surface area contributed by atoms with Gasteiger partial charge in [-0.05, 0) is 11.6 Å². The minimum absolute atomic E-state index is 0.259. The van der Waals surface area contributed by atoms with Gasteiger partial charge in [-0.1, -0.05) is 18.2 Å². The number of aromatic nitrogens is 3. The number of nitrogens with two attached hydrogens (primary N) is 1. The highest BCUT2D eigenvalue weighted by atomic mass is 16.1. The quantitative estimate of drug-likeness (QED) is 0.645. The van der Waals surface area contributed by atoms with E-state index in [1.165, 1.54) is 6.20 Å². The third-order valence-corrected chi connectivity index (χ3v) is 2.14. The summed E-state index contributed by atoms with van der Waals surface area (Å²) in [5.41, 5.74) is 7.53. The van der Waals surface area contributed by atoms with Gasteiger partial charge in [0.15, 0.2) is 5.69 Å². The van der Waals surface area contributed by atoms with Gasteiger partial charge in [-0.3, -0.25) is 4.79 Å². The van der Waals surface area contributed by atoms with Crippen molar-refractivity contribution in [2.75, 3.05) is 5.73 Å². The molecule has 1 heterocycles. The Hall–Kier alpha value is -2.37. The van der Waals surface area contributed by atoms with E-state index in [-0.39, 0.29) is 11.6 Å². The molecule has 82 valence electrons. The van der Waals surface area contributed by atoms with Gasteiger partial charge in [-0.15, -0.1) is 0 Å². The van der Waals surface area contributed by atoms with Crippen molar-refractivity contribution in [2.24, 2.45) is 0 Å². The number of carbonyl (C=O) groups is 1. The molecule has 0 saturated heterocycles. The number of hydrogen-bond donors (Lipinski definition) is 3. The second-order valence-corrected chi connectivity index (χ2v) is 3.24. The molecule has 0 atom stereocenters. The van der Waals surface area contributed by atoms with E-state index in [0.29, 0.717) is 12.2 Å². The Morgan fingerprint density at radius 1 is 1.44 bits per heavy atom. The molecule has 6 nitrogen and oxygen atoms in total. The number of hydrogen-bond acceptors (Lipinski definition) is 4. The van der Waals surface area contributed by atoms with Crippen molar-refractivity contribution in [3.8, 4) is 0 Å². The molecular weight excluding hydrogens is 206 g/mol. The first-order chi connectivity index (χ1) is 7.77. The minimum Gasteiger partial charge on any atom is -0.398 e. The van der Waals surface area contributed by atoms with E-state index in [1.807, 2.05) is 18.2 Å². The second kappa shape index (κ2) is 4.43. The summed E-state index contributed by atoms with van der Waals surface area (Å²) in [7, 11) is 0. The van der Waals surface area contributed by atoms with Gasteiger partial charge >= 0.3 is 0 Å². The molecule has 0 saturated carbocycles. The molecule has 0 aliphatic carbocycles.